The van der Waals surface area contributed by atoms with Gasteiger partial charge in [0, 0.05) is 11.3 Å². The van der Waals surface area contributed by atoms with Crippen LogP contribution in [0.2, 0.25) is 0 Å². The number of hydrogen-bond donors (Lipinski definition) is 3. The third kappa shape index (κ3) is 4.26. The summed E-state index contributed by atoms with van der Waals surface area (Å²) in [5.74, 6) is -1.88. The first-order valence-corrected chi connectivity index (χ1v) is 7.57. The SMILES string of the molecule is COc1ccc(C(=O)Nc2c(N)nc(SCC(=O)[O-])[nH]c2=O)cc1. The van der Waals surface area contributed by atoms with E-state index < -0.39 is 17.4 Å². The van der Waals surface area contributed by atoms with E-state index >= 15 is 0 Å². The Morgan fingerprint density at radius 3 is 2.58 bits per heavy atom. The molecule has 1 amide bonds. The number of carbonyl (C=O) groups is 2. The number of thioether (sulfide) groups is 1. The second kappa shape index (κ2) is 7.51. The molecule has 0 unspecified atom stereocenters. The normalized spacial score (nSPS) is 10.2. The number of carboxylic acid groups (broad SMARTS) is 1. The Balaban J connectivity index is 2.18. The van der Waals surface area contributed by atoms with Crippen molar-refractivity contribution in [3.05, 3.63) is 40.2 Å². The smallest absolute Gasteiger partial charge is 0.277 e. The molecule has 1 heterocycles. The van der Waals surface area contributed by atoms with E-state index in [9.17, 15) is 19.5 Å². The third-order valence-electron chi connectivity index (χ3n) is 2.84. The van der Waals surface area contributed by atoms with Crippen LogP contribution in [0.5, 0.6) is 5.75 Å². The fraction of sp³-hybridized carbons (Fsp3) is 0.143. The number of aliphatic carboxylic acids is 1. The maximum Gasteiger partial charge on any atom is 0.277 e. The summed E-state index contributed by atoms with van der Waals surface area (Å²) in [6.07, 6.45) is 0. The van der Waals surface area contributed by atoms with Crippen LogP contribution in [0, 0.1) is 0 Å². The Hall–Kier alpha value is -3.01. The Morgan fingerprint density at radius 1 is 1.38 bits per heavy atom. The van der Waals surface area contributed by atoms with Crippen molar-refractivity contribution in [3.63, 3.8) is 0 Å². The highest BCUT2D eigenvalue weighted by Crippen LogP contribution is 2.17. The number of methoxy groups -OCH3 is 1. The Morgan fingerprint density at radius 2 is 2.04 bits per heavy atom. The second-order valence-electron chi connectivity index (χ2n) is 4.47. The summed E-state index contributed by atoms with van der Waals surface area (Å²) < 4.78 is 4.99. The van der Waals surface area contributed by atoms with Crippen molar-refractivity contribution in [2.24, 2.45) is 0 Å². The molecule has 0 aliphatic rings. The average Bonchev–Trinajstić information content (AvgIpc) is 2.56. The fourth-order valence-electron chi connectivity index (χ4n) is 1.71. The predicted octanol–water partition coefficient (Wildman–Crippen LogP) is -0.545. The molecule has 4 N–H and O–H groups in total. The van der Waals surface area contributed by atoms with Crippen molar-refractivity contribution in [2.45, 2.75) is 5.16 Å². The lowest BCUT2D eigenvalue weighted by Gasteiger charge is -2.09. The molecular formula is C14H13N4O5S-. The van der Waals surface area contributed by atoms with Crippen molar-refractivity contribution < 1.29 is 19.4 Å². The van der Waals surface area contributed by atoms with Crippen LogP contribution in [0.1, 0.15) is 10.4 Å². The number of anilines is 2. The van der Waals surface area contributed by atoms with Crippen LogP contribution >= 0.6 is 11.8 Å². The summed E-state index contributed by atoms with van der Waals surface area (Å²) in [5, 5.41) is 12.8. The zero-order valence-electron chi connectivity index (χ0n) is 12.5. The van der Waals surface area contributed by atoms with E-state index in [4.69, 9.17) is 10.5 Å². The van der Waals surface area contributed by atoms with Crippen LogP contribution in [0.15, 0.2) is 34.2 Å². The van der Waals surface area contributed by atoms with E-state index in [0.29, 0.717) is 11.3 Å². The van der Waals surface area contributed by atoms with Gasteiger partial charge >= 0.3 is 0 Å². The van der Waals surface area contributed by atoms with Crippen molar-refractivity contribution in [3.8, 4) is 5.75 Å². The summed E-state index contributed by atoms with van der Waals surface area (Å²) in [6, 6.07) is 6.24. The van der Waals surface area contributed by atoms with E-state index in [1.54, 1.807) is 12.1 Å². The molecule has 10 heteroatoms. The van der Waals surface area contributed by atoms with E-state index in [0.717, 1.165) is 11.8 Å². The fourth-order valence-corrected chi connectivity index (χ4v) is 2.30. The topological polar surface area (TPSA) is 150 Å². The minimum absolute atomic E-state index is 0.0177. The lowest BCUT2D eigenvalue weighted by molar-refractivity contribution is -0.301. The van der Waals surface area contributed by atoms with Gasteiger partial charge in [-0.2, -0.15) is 0 Å². The minimum Gasteiger partial charge on any atom is -0.549 e. The number of amides is 1. The van der Waals surface area contributed by atoms with Crippen LogP contribution < -0.4 is 26.5 Å². The quantitative estimate of drug-likeness (QED) is 0.464. The van der Waals surface area contributed by atoms with Gasteiger partial charge in [0.2, 0.25) is 0 Å². The van der Waals surface area contributed by atoms with Crippen molar-refractivity contribution in [2.75, 3.05) is 23.9 Å². The molecule has 0 atom stereocenters. The highest BCUT2D eigenvalue weighted by Gasteiger charge is 2.14. The van der Waals surface area contributed by atoms with E-state index in [-0.39, 0.29) is 22.4 Å². The van der Waals surface area contributed by atoms with Crippen LogP contribution in [-0.2, 0) is 4.79 Å². The van der Waals surface area contributed by atoms with Gasteiger partial charge in [-0.15, -0.1) is 0 Å². The van der Waals surface area contributed by atoms with Crippen LogP contribution in [0.3, 0.4) is 0 Å². The summed E-state index contributed by atoms with van der Waals surface area (Å²) in [5.41, 5.74) is 5.05. The van der Waals surface area contributed by atoms with Crippen molar-refractivity contribution in [1.82, 2.24) is 9.97 Å². The molecule has 0 aliphatic carbocycles. The highest BCUT2D eigenvalue weighted by molar-refractivity contribution is 7.99. The first-order valence-electron chi connectivity index (χ1n) is 6.58. The van der Waals surface area contributed by atoms with Gasteiger partial charge in [-0.1, -0.05) is 11.8 Å². The van der Waals surface area contributed by atoms with Gasteiger partial charge in [0.25, 0.3) is 11.5 Å². The van der Waals surface area contributed by atoms with Crippen LogP contribution in [0.25, 0.3) is 0 Å². The standard InChI is InChI=1S/C14H14N4O5S/c1-23-8-4-2-7(3-5-8)12(21)16-10-11(15)17-14(18-13(10)22)24-6-9(19)20/h2-5H,6H2,1H3,(H,16,21)(H,19,20)(H3,15,17,18,22)/p-1. The predicted molar refractivity (Wildman–Crippen MR) is 85.9 cm³/mol. The minimum atomic E-state index is -1.31. The van der Waals surface area contributed by atoms with Gasteiger partial charge in [-0.25, -0.2) is 4.98 Å². The van der Waals surface area contributed by atoms with Gasteiger partial charge in [-0.05, 0) is 24.3 Å². The lowest BCUT2D eigenvalue weighted by atomic mass is 10.2. The van der Waals surface area contributed by atoms with Gasteiger partial charge in [0.05, 0.1) is 13.1 Å². The number of rotatable bonds is 6. The molecule has 0 aliphatic heterocycles. The molecule has 1 aromatic heterocycles. The Bertz CT molecular complexity index is 819. The van der Waals surface area contributed by atoms with Crippen LogP contribution in [-0.4, -0.2) is 34.7 Å². The molecule has 9 nitrogen and oxygen atoms in total. The Labute approximate surface area is 140 Å². The number of nitrogens with zero attached hydrogens (tertiary/aromatic N) is 1. The monoisotopic (exact) mass is 349 g/mol. The van der Waals surface area contributed by atoms with E-state index in [2.05, 4.69) is 15.3 Å². The number of carbonyl (C=O) groups excluding carboxylic acids is 2. The summed E-state index contributed by atoms with van der Waals surface area (Å²) in [4.78, 5) is 40.7. The summed E-state index contributed by atoms with van der Waals surface area (Å²) in [7, 11) is 1.50. The number of nitrogens with two attached hydrogens (primary N) is 1. The molecule has 2 rings (SSSR count). The van der Waals surface area contributed by atoms with E-state index in [1.165, 1.54) is 19.2 Å². The third-order valence-corrected chi connectivity index (χ3v) is 3.69. The zero-order valence-corrected chi connectivity index (χ0v) is 13.3. The largest absolute Gasteiger partial charge is 0.549 e. The number of benzene rings is 1. The van der Waals surface area contributed by atoms with Gasteiger partial charge in [0.15, 0.2) is 11.0 Å². The molecule has 0 bridgehead atoms. The number of H-pyrrole nitrogens is 1. The van der Waals surface area contributed by atoms with Gasteiger partial charge in [-0.3, -0.25) is 14.6 Å². The molecule has 0 radical (unpaired) electrons. The first-order chi connectivity index (χ1) is 11.4. The maximum absolute atomic E-state index is 12.1. The molecule has 0 spiro atoms. The maximum atomic E-state index is 12.1. The molecule has 2 aromatic rings. The number of nitrogen functional groups attached to an aromatic ring is 1. The zero-order chi connectivity index (χ0) is 17.7. The molecular weight excluding hydrogens is 336 g/mol. The van der Waals surface area contributed by atoms with Gasteiger partial charge < -0.3 is 25.7 Å². The molecule has 24 heavy (non-hydrogen) atoms. The Kier molecular flexibility index (Phi) is 5.42. The number of nitrogens with one attached hydrogen (secondary N) is 2. The molecule has 1 aromatic carbocycles. The number of ether oxygens (including phenoxy) is 1. The van der Waals surface area contributed by atoms with E-state index in [1.807, 2.05) is 0 Å². The summed E-state index contributed by atoms with van der Waals surface area (Å²) >= 11 is 0.750. The summed E-state index contributed by atoms with van der Waals surface area (Å²) in [6.45, 7) is 0. The average molecular weight is 349 g/mol. The van der Waals surface area contributed by atoms with Crippen molar-refractivity contribution in [1.29, 1.82) is 0 Å². The molecule has 0 fully saturated rings. The molecule has 0 saturated carbocycles. The second-order valence-corrected chi connectivity index (χ2v) is 5.44. The lowest BCUT2D eigenvalue weighted by Crippen LogP contribution is -2.25. The number of hydrogen-bond acceptors (Lipinski definition) is 8. The van der Waals surface area contributed by atoms with Crippen molar-refractivity contribution >= 4 is 35.1 Å². The van der Waals surface area contributed by atoms with Gasteiger partial charge in [0.1, 0.15) is 11.4 Å². The highest BCUT2D eigenvalue weighted by atomic mass is 32.2. The molecule has 126 valence electrons. The number of aromatic nitrogens is 2. The number of aromatic amines is 1. The first kappa shape index (κ1) is 17.3. The van der Waals surface area contributed by atoms with Crippen LogP contribution in [0.4, 0.5) is 11.5 Å². The number of carboxylic acids is 1. The molecule has 0 saturated heterocycles.